The summed E-state index contributed by atoms with van der Waals surface area (Å²) in [5.74, 6) is -1.07. The molecule has 2 nitrogen and oxygen atoms in total. The summed E-state index contributed by atoms with van der Waals surface area (Å²) in [5.41, 5.74) is 4.94. The Morgan fingerprint density at radius 2 is 2.00 bits per heavy atom. The zero-order valence-corrected chi connectivity index (χ0v) is 7.38. The molecule has 3 N–H and O–H groups in total. The first-order chi connectivity index (χ1) is 5.54. The van der Waals surface area contributed by atoms with Crippen molar-refractivity contribution in [3.63, 3.8) is 0 Å². The van der Waals surface area contributed by atoms with E-state index in [1.54, 1.807) is 0 Å². The van der Waals surface area contributed by atoms with Crippen LogP contribution in [-0.4, -0.2) is 5.84 Å². The van der Waals surface area contributed by atoms with E-state index in [2.05, 4.69) is 0 Å². The molecule has 12 heavy (non-hydrogen) atoms. The number of rotatable bonds is 1. The molecule has 1 rings (SSSR count). The molecular formula is C7H5Cl2FN2. The fourth-order valence-corrected chi connectivity index (χ4v) is 1.19. The van der Waals surface area contributed by atoms with Gasteiger partial charge in [0, 0.05) is 0 Å². The molecule has 0 heterocycles. The van der Waals surface area contributed by atoms with Crippen LogP contribution < -0.4 is 5.73 Å². The lowest BCUT2D eigenvalue weighted by molar-refractivity contribution is 0.625. The van der Waals surface area contributed by atoms with Crippen molar-refractivity contribution in [2.75, 3.05) is 0 Å². The SMILES string of the molecule is N=C(N)c1c(F)ccc(Cl)c1Cl. The summed E-state index contributed by atoms with van der Waals surface area (Å²) >= 11 is 11.2. The molecular weight excluding hydrogens is 202 g/mol. The van der Waals surface area contributed by atoms with Gasteiger partial charge in [-0.05, 0) is 12.1 Å². The predicted octanol–water partition coefficient (Wildman–Crippen LogP) is 2.42. The molecule has 0 aromatic heterocycles. The lowest BCUT2D eigenvalue weighted by Crippen LogP contribution is -2.14. The molecule has 5 heteroatoms. The molecule has 0 aliphatic rings. The molecule has 64 valence electrons. The van der Waals surface area contributed by atoms with E-state index in [4.69, 9.17) is 34.3 Å². The van der Waals surface area contributed by atoms with Gasteiger partial charge >= 0.3 is 0 Å². The van der Waals surface area contributed by atoms with Crippen molar-refractivity contribution in [2.45, 2.75) is 0 Å². The molecule has 0 atom stereocenters. The molecule has 0 bridgehead atoms. The Labute approximate surface area is 78.6 Å². The number of halogens is 3. The first-order valence-electron chi connectivity index (χ1n) is 3.02. The van der Waals surface area contributed by atoms with Crippen molar-refractivity contribution in [1.82, 2.24) is 0 Å². The number of benzene rings is 1. The molecule has 0 unspecified atom stereocenters. The van der Waals surface area contributed by atoms with Crippen LogP contribution in [0.2, 0.25) is 10.0 Å². The van der Waals surface area contributed by atoms with E-state index < -0.39 is 11.7 Å². The summed E-state index contributed by atoms with van der Waals surface area (Å²) in [5, 5.41) is 7.17. The van der Waals surface area contributed by atoms with E-state index >= 15 is 0 Å². The molecule has 0 aliphatic carbocycles. The monoisotopic (exact) mass is 206 g/mol. The Kier molecular flexibility index (Phi) is 2.55. The fourth-order valence-electron chi connectivity index (χ4n) is 0.774. The number of nitrogen functional groups attached to an aromatic ring is 1. The number of hydrogen-bond donors (Lipinski definition) is 2. The average Bonchev–Trinajstić information content (AvgIpc) is 1.97. The first-order valence-corrected chi connectivity index (χ1v) is 3.77. The summed E-state index contributed by atoms with van der Waals surface area (Å²) in [6, 6.07) is 2.43. The molecule has 1 aromatic rings. The van der Waals surface area contributed by atoms with Crippen LogP contribution in [0.5, 0.6) is 0 Å². The first kappa shape index (κ1) is 9.29. The Bertz CT molecular complexity index is 338. The molecule has 0 aliphatic heterocycles. The maximum atomic E-state index is 12.9. The molecule has 0 spiro atoms. The van der Waals surface area contributed by atoms with Gasteiger partial charge < -0.3 is 5.73 Å². The van der Waals surface area contributed by atoms with Crippen LogP contribution in [0.4, 0.5) is 4.39 Å². The van der Waals surface area contributed by atoms with Crippen LogP contribution in [0.25, 0.3) is 0 Å². The summed E-state index contributed by atoms with van der Waals surface area (Å²) in [6.07, 6.45) is 0. The number of nitrogens with two attached hydrogens (primary N) is 1. The summed E-state index contributed by atoms with van der Waals surface area (Å²) < 4.78 is 12.9. The smallest absolute Gasteiger partial charge is 0.135 e. The van der Waals surface area contributed by atoms with E-state index in [1.807, 2.05) is 0 Å². The van der Waals surface area contributed by atoms with E-state index in [0.717, 1.165) is 6.07 Å². The van der Waals surface area contributed by atoms with Crippen molar-refractivity contribution in [3.05, 3.63) is 33.6 Å². The highest BCUT2D eigenvalue weighted by atomic mass is 35.5. The second kappa shape index (κ2) is 3.29. The Morgan fingerprint density at radius 3 is 2.42 bits per heavy atom. The van der Waals surface area contributed by atoms with Crippen LogP contribution in [0.1, 0.15) is 5.56 Å². The molecule has 0 saturated heterocycles. The summed E-state index contributed by atoms with van der Waals surface area (Å²) in [7, 11) is 0. The highest BCUT2D eigenvalue weighted by Crippen LogP contribution is 2.27. The Morgan fingerprint density at radius 1 is 1.42 bits per heavy atom. The summed E-state index contributed by atoms with van der Waals surface area (Å²) in [6.45, 7) is 0. The second-order valence-electron chi connectivity index (χ2n) is 2.13. The second-order valence-corrected chi connectivity index (χ2v) is 2.92. The molecule has 0 fully saturated rings. The van der Waals surface area contributed by atoms with Crippen molar-refractivity contribution < 1.29 is 4.39 Å². The van der Waals surface area contributed by atoms with Gasteiger partial charge in [-0.2, -0.15) is 0 Å². The van der Waals surface area contributed by atoms with Crippen molar-refractivity contribution in [1.29, 1.82) is 5.41 Å². The van der Waals surface area contributed by atoms with E-state index in [9.17, 15) is 4.39 Å². The minimum atomic E-state index is -0.642. The third kappa shape index (κ3) is 1.52. The van der Waals surface area contributed by atoms with Crippen LogP contribution in [0.15, 0.2) is 12.1 Å². The van der Waals surface area contributed by atoms with E-state index in [1.165, 1.54) is 6.07 Å². The number of nitrogens with one attached hydrogen (secondary N) is 1. The van der Waals surface area contributed by atoms with Gasteiger partial charge in [-0.25, -0.2) is 4.39 Å². The van der Waals surface area contributed by atoms with Crippen LogP contribution >= 0.6 is 23.2 Å². The Hall–Kier alpha value is -0.800. The zero-order valence-electron chi connectivity index (χ0n) is 5.87. The topological polar surface area (TPSA) is 49.9 Å². The van der Waals surface area contributed by atoms with Crippen LogP contribution in [0, 0.1) is 11.2 Å². The molecule has 0 saturated carbocycles. The average molecular weight is 207 g/mol. The lowest BCUT2D eigenvalue weighted by Gasteiger charge is -2.04. The van der Waals surface area contributed by atoms with Crippen molar-refractivity contribution >= 4 is 29.0 Å². The highest BCUT2D eigenvalue weighted by molar-refractivity contribution is 6.43. The standard InChI is InChI=1S/C7H5Cl2FN2/c8-3-1-2-4(10)5(6(3)9)7(11)12/h1-2H,(H3,11,12). The van der Waals surface area contributed by atoms with Crippen LogP contribution in [-0.2, 0) is 0 Å². The normalized spacial score (nSPS) is 9.92. The van der Waals surface area contributed by atoms with Crippen molar-refractivity contribution in [3.8, 4) is 0 Å². The van der Waals surface area contributed by atoms with Gasteiger partial charge in [-0.3, -0.25) is 5.41 Å². The number of amidine groups is 1. The van der Waals surface area contributed by atoms with Gasteiger partial charge in [0.15, 0.2) is 0 Å². The van der Waals surface area contributed by atoms with E-state index in [-0.39, 0.29) is 15.6 Å². The van der Waals surface area contributed by atoms with Gasteiger partial charge in [0.05, 0.1) is 15.6 Å². The zero-order chi connectivity index (χ0) is 9.30. The Balaban J connectivity index is 3.43. The third-order valence-corrected chi connectivity index (χ3v) is 2.12. The highest BCUT2D eigenvalue weighted by Gasteiger charge is 2.12. The quantitative estimate of drug-likeness (QED) is 0.414. The fraction of sp³-hybridized carbons (Fsp3) is 0. The van der Waals surface area contributed by atoms with Crippen LogP contribution in [0.3, 0.4) is 0 Å². The largest absolute Gasteiger partial charge is 0.384 e. The molecule has 1 aromatic carbocycles. The number of hydrogen-bond acceptors (Lipinski definition) is 1. The lowest BCUT2D eigenvalue weighted by atomic mass is 10.2. The predicted molar refractivity (Wildman–Crippen MR) is 47.4 cm³/mol. The van der Waals surface area contributed by atoms with Gasteiger partial charge in [0.2, 0.25) is 0 Å². The summed E-state index contributed by atoms with van der Waals surface area (Å²) in [4.78, 5) is 0. The van der Waals surface area contributed by atoms with Gasteiger partial charge in [0.25, 0.3) is 0 Å². The molecule has 0 radical (unpaired) electrons. The van der Waals surface area contributed by atoms with Gasteiger partial charge in [-0.15, -0.1) is 0 Å². The van der Waals surface area contributed by atoms with Gasteiger partial charge in [-0.1, -0.05) is 23.2 Å². The third-order valence-electron chi connectivity index (χ3n) is 1.31. The minimum Gasteiger partial charge on any atom is -0.384 e. The van der Waals surface area contributed by atoms with Crippen molar-refractivity contribution in [2.24, 2.45) is 5.73 Å². The molecule has 0 amide bonds. The van der Waals surface area contributed by atoms with Gasteiger partial charge in [0.1, 0.15) is 11.7 Å². The maximum Gasteiger partial charge on any atom is 0.135 e. The maximum absolute atomic E-state index is 12.9. The minimum absolute atomic E-state index is 0.0239. The van der Waals surface area contributed by atoms with E-state index in [0.29, 0.717) is 0 Å².